The summed E-state index contributed by atoms with van der Waals surface area (Å²) in [6.45, 7) is 2.23. The number of nitrogens with zero attached hydrogens (tertiary/aromatic N) is 2. The summed E-state index contributed by atoms with van der Waals surface area (Å²) >= 11 is 0. The molecule has 6 nitrogen and oxygen atoms in total. The van der Waals surface area contributed by atoms with Crippen molar-refractivity contribution in [3.8, 4) is 0 Å². The Kier molecular flexibility index (Phi) is 4.63. The van der Waals surface area contributed by atoms with Gasteiger partial charge in [0.1, 0.15) is 0 Å². The van der Waals surface area contributed by atoms with E-state index in [1.54, 1.807) is 49.4 Å². The average Bonchev–Trinajstić information content (AvgIpc) is 2.80. The zero-order valence-corrected chi connectivity index (χ0v) is 11.9. The fourth-order valence-corrected chi connectivity index (χ4v) is 2.08. The van der Waals surface area contributed by atoms with Crippen LogP contribution in [-0.2, 0) is 0 Å². The van der Waals surface area contributed by atoms with Gasteiger partial charge in [-0.3, -0.25) is 24.6 Å². The number of amides is 2. The van der Waals surface area contributed by atoms with Crippen molar-refractivity contribution in [3.63, 3.8) is 0 Å². The van der Waals surface area contributed by atoms with Crippen LogP contribution in [0.15, 0.2) is 54.6 Å². The van der Waals surface area contributed by atoms with Crippen molar-refractivity contribution in [2.24, 2.45) is 0 Å². The second kappa shape index (κ2) is 6.62. The van der Waals surface area contributed by atoms with Gasteiger partial charge >= 0.3 is 0 Å². The highest BCUT2D eigenvalue weighted by molar-refractivity contribution is 6.21. The number of carbonyl (C=O) groups excluding carboxylic acids is 2. The Morgan fingerprint density at radius 3 is 1.73 bits per heavy atom. The van der Waals surface area contributed by atoms with Crippen molar-refractivity contribution in [1.29, 1.82) is 0 Å². The maximum absolute atomic E-state index is 11.5. The highest BCUT2D eigenvalue weighted by Gasteiger charge is 2.33. The number of carbonyl (C=O) groups is 2. The first-order valence-electron chi connectivity index (χ1n) is 6.71. The number of hydrogen-bond donors (Lipinski definition) is 0. The molecule has 2 amide bonds. The first-order chi connectivity index (χ1) is 10.6. The number of fused-ring (bicyclic) bond motifs is 1. The molecule has 2 aromatic rings. The molecule has 0 fully saturated rings. The predicted molar refractivity (Wildman–Crippen MR) is 80.6 cm³/mol. The van der Waals surface area contributed by atoms with Gasteiger partial charge in [0.25, 0.3) is 17.5 Å². The molecule has 0 N–H and O–H groups in total. The van der Waals surface area contributed by atoms with Crippen molar-refractivity contribution >= 4 is 17.5 Å². The van der Waals surface area contributed by atoms with Crippen LogP contribution in [0.2, 0.25) is 0 Å². The molecule has 0 spiro atoms. The normalized spacial score (nSPS) is 12.5. The number of para-hydroxylation sites is 1. The van der Waals surface area contributed by atoms with Gasteiger partial charge in [0.15, 0.2) is 0 Å². The van der Waals surface area contributed by atoms with Gasteiger partial charge in [0, 0.05) is 18.7 Å². The quantitative estimate of drug-likeness (QED) is 0.485. The molecule has 0 radical (unpaired) electrons. The lowest BCUT2D eigenvalue weighted by Crippen LogP contribution is -2.29. The molecule has 0 unspecified atom stereocenters. The summed E-state index contributed by atoms with van der Waals surface area (Å²) in [6.07, 6.45) is 0. The maximum atomic E-state index is 11.5. The highest BCUT2D eigenvalue weighted by Crippen LogP contribution is 2.21. The summed E-state index contributed by atoms with van der Waals surface area (Å²) < 4.78 is 0. The van der Waals surface area contributed by atoms with Gasteiger partial charge in [-0.25, -0.2) is 0 Å². The van der Waals surface area contributed by atoms with Gasteiger partial charge in [-0.15, -0.1) is 0 Å². The lowest BCUT2D eigenvalue weighted by Gasteiger charge is -2.08. The Bertz CT molecular complexity index is 678. The Labute approximate surface area is 127 Å². The van der Waals surface area contributed by atoms with Crippen LogP contribution in [0.25, 0.3) is 0 Å². The van der Waals surface area contributed by atoms with E-state index in [9.17, 15) is 19.7 Å². The van der Waals surface area contributed by atoms with Gasteiger partial charge in [-0.1, -0.05) is 30.3 Å². The minimum Gasteiger partial charge on any atom is -0.275 e. The molecule has 1 heterocycles. The molecule has 0 atom stereocenters. The third kappa shape index (κ3) is 3.01. The molecule has 1 aliphatic heterocycles. The lowest BCUT2D eigenvalue weighted by molar-refractivity contribution is -0.384. The summed E-state index contributed by atoms with van der Waals surface area (Å²) in [5, 5.41) is 10.0. The fraction of sp³-hybridized carbons (Fsp3) is 0.125. The Hall–Kier alpha value is -3.02. The molecule has 6 heteroatoms. The van der Waals surface area contributed by atoms with Crippen molar-refractivity contribution in [2.45, 2.75) is 6.92 Å². The van der Waals surface area contributed by atoms with Crippen LogP contribution in [0, 0.1) is 10.1 Å². The van der Waals surface area contributed by atoms with Crippen molar-refractivity contribution in [2.75, 3.05) is 6.54 Å². The summed E-state index contributed by atoms with van der Waals surface area (Å²) in [5.41, 5.74) is 1.18. The SMILES string of the molecule is CCN1C(=O)c2ccccc2C1=O.O=[N+]([O-])c1ccccc1. The molecule has 3 rings (SSSR count). The number of nitro benzene ring substituents is 1. The summed E-state index contributed by atoms with van der Waals surface area (Å²) in [5.74, 6) is -0.355. The fourth-order valence-electron chi connectivity index (χ4n) is 2.08. The van der Waals surface area contributed by atoms with Gasteiger partial charge in [0.05, 0.1) is 16.1 Å². The van der Waals surface area contributed by atoms with Crippen LogP contribution in [-0.4, -0.2) is 28.2 Å². The molecule has 2 aromatic carbocycles. The number of hydrogen-bond acceptors (Lipinski definition) is 4. The first kappa shape index (κ1) is 15.4. The van der Waals surface area contributed by atoms with Gasteiger partial charge < -0.3 is 0 Å². The predicted octanol–water partition coefficient (Wildman–Crippen LogP) is 2.90. The Morgan fingerprint density at radius 2 is 1.36 bits per heavy atom. The summed E-state index contributed by atoms with van der Waals surface area (Å²) in [4.78, 5) is 33.9. The van der Waals surface area contributed by atoms with E-state index >= 15 is 0 Å². The zero-order chi connectivity index (χ0) is 16.1. The van der Waals surface area contributed by atoms with E-state index in [4.69, 9.17) is 0 Å². The third-order valence-corrected chi connectivity index (χ3v) is 3.16. The Balaban J connectivity index is 0.000000172. The van der Waals surface area contributed by atoms with Crippen LogP contribution in [0.1, 0.15) is 27.6 Å². The van der Waals surface area contributed by atoms with Gasteiger partial charge in [0.2, 0.25) is 0 Å². The number of non-ortho nitro benzene ring substituents is 1. The smallest absolute Gasteiger partial charge is 0.269 e. The monoisotopic (exact) mass is 298 g/mol. The van der Waals surface area contributed by atoms with Crippen molar-refractivity contribution in [3.05, 3.63) is 75.8 Å². The molecular weight excluding hydrogens is 284 g/mol. The van der Waals surface area contributed by atoms with E-state index in [1.165, 1.54) is 17.0 Å². The molecule has 112 valence electrons. The minimum atomic E-state index is -0.417. The molecule has 0 saturated heterocycles. The lowest BCUT2D eigenvalue weighted by atomic mass is 10.1. The molecule has 22 heavy (non-hydrogen) atoms. The number of nitro groups is 1. The third-order valence-electron chi connectivity index (χ3n) is 3.16. The summed E-state index contributed by atoms with van der Waals surface area (Å²) in [7, 11) is 0. The molecular formula is C16H14N2O4. The van der Waals surface area contributed by atoms with Crippen LogP contribution in [0.3, 0.4) is 0 Å². The van der Waals surface area contributed by atoms with Crippen LogP contribution < -0.4 is 0 Å². The zero-order valence-electron chi connectivity index (χ0n) is 11.9. The van der Waals surface area contributed by atoms with Crippen LogP contribution in [0.5, 0.6) is 0 Å². The molecule has 1 aliphatic rings. The Morgan fingerprint density at radius 1 is 0.909 bits per heavy atom. The van der Waals surface area contributed by atoms with E-state index in [2.05, 4.69) is 0 Å². The standard InChI is InChI=1S/C10H9NO2.C6H5NO2/c1-2-11-9(12)7-5-3-4-6-8(7)10(11)13;8-7(9)6-4-2-1-3-5-6/h3-6H,2H2,1H3;1-5H. The average molecular weight is 298 g/mol. The largest absolute Gasteiger partial charge is 0.275 e. The van der Waals surface area contributed by atoms with Crippen LogP contribution in [0.4, 0.5) is 5.69 Å². The van der Waals surface area contributed by atoms with E-state index in [-0.39, 0.29) is 17.5 Å². The van der Waals surface area contributed by atoms with E-state index < -0.39 is 4.92 Å². The maximum Gasteiger partial charge on any atom is 0.269 e. The van der Waals surface area contributed by atoms with Gasteiger partial charge in [-0.2, -0.15) is 0 Å². The second-order valence-electron chi connectivity index (χ2n) is 4.49. The van der Waals surface area contributed by atoms with Crippen molar-refractivity contribution < 1.29 is 14.5 Å². The van der Waals surface area contributed by atoms with E-state index in [0.29, 0.717) is 17.7 Å². The number of imide groups is 1. The van der Waals surface area contributed by atoms with Crippen molar-refractivity contribution in [1.82, 2.24) is 4.90 Å². The summed E-state index contributed by atoms with van der Waals surface area (Å²) in [6, 6.07) is 14.8. The molecule has 0 bridgehead atoms. The first-order valence-corrected chi connectivity index (χ1v) is 6.71. The highest BCUT2D eigenvalue weighted by atomic mass is 16.6. The number of benzene rings is 2. The second-order valence-corrected chi connectivity index (χ2v) is 4.49. The van der Waals surface area contributed by atoms with Gasteiger partial charge in [-0.05, 0) is 19.1 Å². The van der Waals surface area contributed by atoms with E-state index in [0.717, 1.165) is 0 Å². The van der Waals surface area contributed by atoms with E-state index in [1.807, 2.05) is 0 Å². The molecule has 0 saturated carbocycles. The molecule has 0 aliphatic carbocycles. The number of rotatable bonds is 2. The minimum absolute atomic E-state index is 0.137. The molecule has 0 aromatic heterocycles. The van der Waals surface area contributed by atoms with Crippen LogP contribution >= 0.6 is 0 Å². The topological polar surface area (TPSA) is 80.5 Å².